The summed E-state index contributed by atoms with van der Waals surface area (Å²) in [7, 11) is 0. The number of rotatable bonds is 16. The van der Waals surface area contributed by atoms with E-state index < -0.39 is 85.0 Å². The van der Waals surface area contributed by atoms with E-state index in [1.54, 1.807) is 0 Å². The van der Waals surface area contributed by atoms with Gasteiger partial charge in [0, 0.05) is 13.3 Å². The average Bonchev–Trinajstić information content (AvgIpc) is 2.87. The molecule has 1 aliphatic heterocycles. The molecule has 15 heteroatoms. The van der Waals surface area contributed by atoms with Crippen molar-refractivity contribution in [1.82, 2.24) is 16.0 Å². The smallest absolute Gasteiger partial charge is 0.328 e. The summed E-state index contributed by atoms with van der Waals surface area (Å²) in [5.41, 5.74) is 5.17. The highest BCUT2D eigenvalue weighted by molar-refractivity contribution is 5.91. The van der Waals surface area contributed by atoms with Crippen molar-refractivity contribution < 1.29 is 53.5 Å². The highest BCUT2D eigenvalue weighted by atomic mass is 16.6. The van der Waals surface area contributed by atoms with Crippen molar-refractivity contribution in [3.63, 3.8) is 0 Å². The van der Waals surface area contributed by atoms with E-state index in [0.717, 1.165) is 12.8 Å². The van der Waals surface area contributed by atoms with Crippen LogP contribution < -0.4 is 21.7 Å². The Morgan fingerprint density at radius 3 is 2.28 bits per heavy atom. The Balaban J connectivity index is 2.82. The van der Waals surface area contributed by atoms with Gasteiger partial charge >= 0.3 is 5.97 Å². The van der Waals surface area contributed by atoms with Gasteiger partial charge in [-0.2, -0.15) is 0 Å². The van der Waals surface area contributed by atoms with Gasteiger partial charge in [0.05, 0.1) is 13.2 Å². The summed E-state index contributed by atoms with van der Waals surface area (Å²) in [6.07, 6.45) is -4.89. The minimum atomic E-state index is -1.64. The Kier molecular flexibility index (Phi) is 14.9. The Morgan fingerprint density at radius 1 is 1.05 bits per heavy atom. The van der Waals surface area contributed by atoms with Gasteiger partial charge in [0.15, 0.2) is 6.29 Å². The van der Waals surface area contributed by atoms with E-state index in [0.29, 0.717) is 6.42 Å². The minimum Gasteiger partial charge on any atom is -0.464 e. The van der Waals surface area contributed by atoms with E-state index in [1.807, 2.05) is 6.92 Å². The maximum absolute atomic E-state index is 12.8. The highest BCUT2D eigenvalue weighted by Crippen LogP contribution is 2.23. The molecule has 39 heavy (non-hydrogen) atoms. The number of nitrogens with two attached hydrogens (primary N) is 1. The molecule has 0 aromatic rings. The van der Waals surface area contributed by atoms with Gasteiger partial charge < -0.3 is 51.2 Å². The second-order valence-electron chi connectivity index (χ2n) is 9.38. The zero-order chi connectivity index (χ0) is 29.7. The van der Waals surface area contributed by atoms with Gasteiger partial charge in [-0.3, -0.25) is 19.2 Å². The standard InChI is InChI=1S/C24H42N4O11/c1-5-6-7-10-37-23(35)15(8-9-17(25)31)28-21(33)12(2)26-22(34)13(3)38-20-18(27-14(4)30)24(36)39-16(11-29)19(20)32/h12-13,15-16,18-20,24,29,32,36H,5-11H2,1-4H3,(H2,25,31)(H,26,34)(H,27,30)(H,28,33)/t12-,13+,15-,16?,18?,19?,20?,24?/m0/s1. The first kappa shape index (κ1) is 34.2. The third-order valence-corrected chi connectivity index (χ3v) is 6.00. The van der Waals surface area contributed by atoms with Gasteiger partial charge in [0.25, 0.3) is 0 Å². The van der Waals surface area contributed by atoms with E-state index in [1.165, 1.54) is 20.8 Å². The molecule has 0 radical (unpaired) electrons. The quantitative estimate of drug-likeness (QED) is 0.0756. The molecular formula is C24H42N4O11. The molecule has 0 saturated carbocycles. The summed E-state index contributed by atoms with van der Waals surface area (Å²) >= 11 is 0. The van der Waals surface area contributed by atoms with Gasteiger partial charge in [-0.15, -0.1) is 0 Å². The van der Waals surface area contributed by atoms with Crippen molar-refractivity contribution in [2.75, 3.05) is 13.2 Å². The SMILES string of the molecule is CCCCCOC(=O)[C@H](CCC(N)=O)NC(=O)[C@H](C)NC(=O)[C@@H](C)OC1C(O)C(CO)OC(O)C1NC(C)=O. The van der Waals surface area contributed by atoms with Crippen LogP contribution in [-0.4, -0.2) is 107 Å². The topological polar surface area (TPSA) is 236 Å². The molecule has 1 aliphatic rings. The van der Waals surface area contributed by atoms with Gasteiger partial charge in [-0.05, 0) is 26.7 Å². The van der Waals surface area contributed by atoms with Crippen molar-refractivity contribution in [3.05, 3.63) is 0 Å². The Labute approximate surface area is 227 Å². The number of hydrogen-bond donors (Lipinski definition) is 7. The lowest BCUT2D eigenvalue weighted by Gasteiger charge is -2.43. The number of nitrogens with one attached hydrogen (secondary N) is 3. The van der Waals surface area contributed by atoms with Crippen LogP contribution in [0, 0.1) is 0 Å². The number of aliphatic hydroxyl groups is 3. The normalized spacial score (nSPS) is 25.1. The lowest BCUT2D eigenvalue weighted by molar-refractivity contribution is -0.266. The maximum atomic E-state index is 12.8. The monoisotopic (exact) mass is 562 g/mol. The number of unbranched alkanes of at least 4 members (excludes halogenated alkanes) is 2. The first-order valence-electron chi connectivity index (χ1n) is 12.9. The molecule has 0 aromatic heterocycles. The zero-order valence-electron chi connectivity index (χ0n) is 22.8. The summed E-state index contributed by atoms with van der Waals surface area (Å²) in [5, 5.41) is 37.4. The maximum Gasteiger partial charge on any atom is 0.328 e. The van der Waals surface area contributed by atoms with Crippen LogP contribution in [0.2, 0.25) is 0 Å². The van der Waals surface area contributed by atoms with Crippen LogP contribution in [0.4, 0.5) is 0 Å². The fourth-order valence-corrected chi connectivity index (χ4v) is 3.79. The number of carbonyl (C=O) groups is 5. The van der Waals surface area contributed by atoms with Gasteiger partial charge in [0.2, 0.25) is 23.6 Å². The number of hydrogen-bond acceptors (Lipinski definition) is 11. The summed E-state index contributed by atoms with van der Waals surface area (Å²) in [6, 6.07) is -3.58. The van der Waals surface area contributed by atoms with E-state index in [2.05, 4.69) is 16.0 Å². The van der Waals surface area contributed by atoms with E-state index in [4.69, 9.17) is 19.9 Å². The van der Waals surface area contributed by atoms with Gasteiger partial charge in [-0.1, -0.05) is 19.8 Å². The van der Waals surface area contributed by atoms with Crippen molar-refractivity contribution in [1.29, 1.82) is 0 Å². The van der Waals surface area contributed by atoms with Crippen molar-refractivity contribution in [2.24, 2.45) is 5.73 Å². The minimum absolute atomic E-state index is 0.0889. The Hall–Kier alpha value is -2.85. The van der Waals surface area contributed by atoms with E-state index in [-0.39, 0.29) is 19.4 Å². The molecule has 224 valence electrons. The first-order chi connectivity index (χ1) is 18.3. The first-order valence-corrected chi connectivity index (χ1v) is 12.9. The molecule has 4 amide bonds. The molecule has 0 spiro atoms. The number of carbonyl (C=O) groups excluding carboxylic acids is 5. The molecule has 15 nitrogen and oxygen atoms in total. The van der Waals surface area contributed by atoms with Crippen LogP contribution in [-0.2, 0) is 38.2 Å². The van der Waals surface area contributed by atoms with Crippen LogP contribution in [0.15, 0.2) is 0 Å². The van der Waals surface area contributed by atoms with Crippen LogP contribution in [0.25, 0.3) is 0 Å². The number of primary amides is 1. The largest absolute Gasteiger partial charge is 0.464 e. The molecule has 1 saturated heterocycles. The zero-order valence-corrected chi connectivity index (χ0v) is 22.8. The number of ether oxygens (including phenoxy) is 3. The lowest BCUT2D eigenvalue weighted by atomic mass is 9.96. The van der Waals surface area contributed by atoms with Gasteiger partial charge in [0.1, 0.15) is 42.5 Å². The van der Waals surface area contributed by atoms with Crippen LogP contribution in [0.5, 0.6) is 0 Å². The molecule has 0 bridgehead atoms. The predicted octanol–water partition coefficient (Wildman–Crippen LogP) is -2.68. The number of amides is 4. The number of esters is 1. The Morgan fingerprint density at radius 2 is 1.72 bits per heavy atom. The molecule has 0 aromatic carbocycles. The molecule has 8 atom stereocenters. The summed E-state index contributed by atoms with van der Waals surface area (Å²) in [5.74, 6) is -3.49. The van der Waals surface area contributed by atoms with Crippen LogP contribution >= 0.6 is 0 Å². The van der Waals surface area contributed by atoms with E-state index in [9.17, 15) is 39.3 Å². The predicted molar refractivity (Wildman–Crippen MR) is 134 cm³/mol. The molecule has 1 rings (SSSR count). The van der Waals surface area contributed by atoms with Crippen molar-refractivity contribution >= 4 is 29.6 Å². The molecular weight excluding hydrogens is 520 g/mol. The average molecular weight is 563 g/mol. The molecule has 8 N–H and O–H groups in total. The summed E-state index contributed by atoms with van der Waals surface area (Å²) in [6.45, 7) is 5.31. The van der Waals surface area contributed by atoms with E-state index >= 15 is 0 Å². The third kappa shape index (κ3) is 11.4. The summed E-state index contributed by atoms with van der Waals surface area (Å²) in [4.78, 5) is 60.7. The van der Waals surface area contributed by atoms with Gasteiger partial charge in [-0.25, -0.2) is 4.79 Å². The molecule has 1 heterocycles. The second-order valence-corrected chi connectivity index (χ2v) is 9.38. The third-order valence-electron chi connectivity index (χ3n) is 6.00. The van der Waals surface area contributed by atoms with Crippen LogP contribution in [0.1, 0.15) is 59.8 Å². The number of aliphatic hydroxyl groups excluding tert-OH is 3. The Bertz CT molecular complexity index is 843. The van der Waals surface area contributed by atoms with Crippen LogP contribution in [0.3, 0.4) is 0 Å². The lowest BCUT2D eigenvalue weighted by Crippen LogP contribution is -2.65. The fourth-order valence-electron chi connectivity index (χ4n) is 3.79. The van der Waals surface area contributed by atoms with Crippen molar-refractivity contribution in [2.45, 2.75) is 109 Å². The summed E-state index contributed by atoms with van der Waals surface area (Å²) < 4.78 is 15.9. The molecule has 1 fully saturated rings. The molecule has 0 aliphatic carbocycles. The van der Waals surface area contributed by atoms with Crippen molar-refractivity contribution in [3.8, 4) is 0 Å². The second kappa shape index (κ2) is 17.0. The highest BCUT2D eigenvalue weighted by Gasteiger charge is 2.47. The fraction of sp³-hybridized carbons (Fsp3) is 0.792. The molecule has 5 unspecified atom stereocenters.